The molecule has 4 aromatic rings. The molecule has 0 saturated heterocycles. The van der Waals surface area contributed by atoms with Gasteiger partial charge in [-0.3, -0.25) is 9.59 Å². The molecule has 0 aliphatic heterocycles. The SMILES string of the molecule is COc1ccccc1/C=c1\sc2nc(=O)c(Cc3ccc(OC)c(OC)c3)nn2c1=O. The van der Waals surface area contributed by atoms with Gasteiger partial charge in [-0.2, -0.15) is 14.6 Å². The highest BCUT2D eigenvalue weighted by Gasteiger charge is 2.13. The third-order valence-electron chi connectivity index (χ3n) is 4.70. The Morgan fingerprint density at radius 2 is 1.71 bits per heavy atom. The third kappa shape index (κ3) is 3.99. The minimum atomic E-state index is -0.472. The minimum Gasteiger partial charge on any atom is -0.496 e. The van der Waals surface area contributed by atoms with E-state index < -0.39 is 5.56 Å². The van der Waals surface area contributed by atoms with Crippen molar-refractivity contribution in [1.82, 2.24) is 14.6 Å². The second-order valence-electron chi connectivity index (χ2n) is 6.58. The molecule has 0 saturated carbocycles. The average Bonchev–Trinajstić information content (AvgIpc) is 3.08. The second kappa shape index (κ2) is 8.57. The molecule has 8 nitrogen and oxygen atoms in total. The van der Waals surface area contributed by atoms with Gasteiger partial charge in [-0.15, -0.1) is 0 Å². The zero-order valence-electron chi connectivity index (χ0n) is 17.1. The van der Waals surface area contributed by atoms with E-state index in [1.54, 1.807) is 32.4 Å². The van der Waals surface area contributed by atoms with Gasteiger partial charge in [0, 0.05) is 12.0 Å². The van der Waals surface area contributed by atoms with Crippen molar-refractivity contribution in [3.63, 3.8) is 0 Å². The van der Waals surface area contributed by atoms with E-state index in [0.29, 0.717) is 21.8 Å². The van der Waals surface area contributed by atoms with Crippen LogP contribution in [-0.4, -0.2) is 35.9 Å². The number of para-hydroxylation sites is 1. The van der Waals surface area contributed by atoms with Crippen LogP contribution < -0.4 is 29.9 Å². The Bertz CT molecular complexity index is 1430. The van der Waals surface area contributed by atoms with Crippen molar-refractivity contribution in [3.8, 4) is 17.2 Å². The van der Waals surface area contributed by atoms with Crippen molar-refractivity contribution in [2.45, 2.75) is 6.42 Å². The maximum atomic E-state index is 12.9. The monoisotopic (exact) mass is 437 g/mol. The van der Waals surface area contributed by atoms with Crippen molar-refractivity contribution in [3.05, 3.63) is 84.5 Å². The second-order valence-corrected chi connectivity index (χ2v) is 7.59. The molecule has 2 heterocycles. The van der Waals surface area contributed by atoms with Crippen LogP contribution in [0.4, 0.5) is 0 Å². The summed E-state index contributed by atoms with van der Waals surface area (Å²) in [5.41, 5.74) is 0.893. The first kappa shape index (κ1) is 20.5. The zero-order valence-corrected chi connectivity index (χ0v) is 17.9. The normalized spacial score (nSPS) is 11.6. The van der Waals surface area contributed by atoms with Crippen LogP contribution in [0.15, 0.2) is 52.1 Å². The number of aromatic nitrogens is 3. The summed E-state index contributed by atoms with van der Waals surface area (Å²) in [6, 6.07) is 12.7. The van der Waals surface area contributed by atoms with Gasteiger partial charge in [0.15, 0.2) is 11.5 Å². The van der Waals surface area contributed by atoms with Crippen LogP contribution in [0.3, 0.4) is 0 Å². The molecule has 0 aliphatic rings. The molecule has 0 bridgehead atoms. The summed E-state index contributed by atoms with van der Waals surface area (Å²) >= 11 is 1.11. The van der Waals surface area contributed by atoms with Crippen LogP contribution in [-0.2, 0) is 6.42 Å². The molecular weight excluding hydrogens is 418 g/mol. The molecule has 0 spiro atoms. The van der Waals surface area contributed by atoms with Gasteiger partial charge in [-0.25, -0.2) is 0 Å². The van der Waals surface area contributed by atoms with Crippen molar-refractivity contribution in [1.29, 1.82) is 0 Å². The van der Waals surface area contributed by atoms with Gasteiger partial charge in [0.2, 0.25) is 4.96 Å². The summed E-state index contributed by atoms with van der Waals surface area (Å²) in [4.78, 5) is 29.7. The number of hydrogen-bond donors (Lipinski definition) is 0. The Morgan fingerprint density at radius 1 is 0.968 bits per heavy atom. The molecule has 0 N–H and O–H groups in total. The highest BCUT2D eigenvalue weighted by Crippen LogP contribution is 2.28. The molecule has 0 unspecified atom stereocenters. The molecule has 0 radical (unpaired) electrons. The van der Waals surface area contributed by atoms with Crippen LogP contribution in [0.1, 0.15) is 16.8 Å². The van der Waals surface area contributed by atoms with E-state index in [9.17, 15) is 9.59 Å². The van der Waals surface area contributed by atoms with Crippen molar-refractivity contribution < 1.29 is 14.2 Å². The summed E-state index contributed by atoms with van der Waals surface area (Å²) in [5.74, 6) is 1.77. The Labute approximate surface area is 181 Å². The molecule has 9 heteroatoms. The first-order valence-corrected chi connectivity index (χ1v) is 10.1. The molecule has 0 amide bonds. The van der Waals surface area contributed by atoms with Crippen molar-refractivity contribution >= 4 is 22.4 Å². The molecule has 0 aliphatic carbocycles. The van der Waals surface area contributed by atoms with E-state index in [4.69, 9.17) is 14.2 Å². The number of benzene rings is 2. The molecule has 2 aromatic heterocycles. The number of nitrogens with zero attached hydrogens (tertiary/aromatic N) is 3. The lowest BCUT2D eigenvalue weighted by molar-refractivity contribution is 0.354. The number of thiazole rings is 1. The van der Waals surface area contributed by atoms with E-state index in [1.807, 2.05) is 30.3 Å². The fraction of sp³-hybridized carbons (Fsp3) is 0.182. The van der Waals surface area contributed by atoms with Gasteiger partial charge < -0.3 is 14.2 Å². The van der Waals surface area contributed by atoms with Gasteiger partial charge in [-0.1, -0.05) is 35.6 Å². The summed E-state index contributed by atoms with van der Waals surface area (Å²) in [5, 5.41) is 4.29. The Morgan fingerprint density at radius 3 is 2.45 bits per heavy atom. The third-order valence-corrected chi connectivity index (χ3v) is 5.65. The Hall–Kier alpha value is -3.72. The van der Waals surface area contributed by atoms with E-state index >= 15 is 0 Å². The minimum absolute atomic E-state index is 0.170. The summed E-state index contributed by atoms with van der Waals surface area (Å²) in [7, 11) is 4.66. The van der Waals surface area contributed by atoms with E-state index in [2.05, 4.69) is 10.1 Å². The smallest absolute Gasteiger partial charge is 0.296 e. The van der Waals surface area contributed by atoms with E-state index in [-0.39, 0.29) is 22.6 Å². The maximum absolute atomic E-state index is 12.9. The van der Waals surface area contributed by atoms with Crippen LogP contribution in [0.25, 0.3) is 11.0 Å². The largest absolute Gasteiger partial charge is 0.496 e. The van der Waals surface area contributed by atoms with Gasteiger partial charge in [0.05, 0.1) is 25.9 Å². The number of fused-ring (bicyclic) bond motifs is 1. The van der Waals surface area contributed by atoms with Gasteiger partial charge >= 0.3 is 0 Å². The van der Waals surface area contributed by atoms with Gasteiger partial charge in [0.1, 0.15) is 11.4 Å². The topological polar surface area (TPSA) is 92.0 Å². The van der Waals surface area contributed by atoms with Crippen LogP contribution in [0.5, 0.6) is 17.2 Å². The lowest BCUT2D eigenvalue weighted by Crippen LogP contribution is -2.28. The number of methoxy groups -OCH3 is 3. The lowest BCUT2D eigenvalue weighted by atomic mass is 10.1. The highest BCUT2D eigenvalue weighted by atomic mass is 32.1. The van der Waals surface area contributed by atoms with Gasteiger partial charge in [-0.05, 0) is 29.8 Å². The van der Waals surface area contributed by atoms with Crippen LogP contribution >= 0.6 is 11.3 Å². The lowest BCUT2D eigenvalue weighted by Gasteiger charge is -2.09. The average molecular weight is 437 g/mol. The van der Waals surface area contributed by atoms with E-state index in [1.165, 1.54) is 11.6 Å². The van der Waals surface area contributed by atoms with Crippen molar-refractivity contribution in [2.75, 3.05) is 21.3 Å². The standard InChI is InChI=1S/C22H19N3O5S/c1-28-16-7-5-4-6-14(16)12-19-21(27)25-22(31-19)23-20(26)15(24-25)10-13-8-9-17(29-2)18(11-13)30-3/h4-9,11-12H,10H2,1-3H3/b19-12-. The fourth-order valence-electron chi connectivity index (χ4n) is 3.16. The highest BCUT2D eigenvalue weighted by molar-refractivity contribution is 7.15. The Kier molecular flexibility index (Phi) is 5.68. The quantitative estimate of drug-likeness (QED) is 0.453. The maximum Gasteiger partial charge on any atom is 0.296 e. The number of ether oxygens (including phenoxy) is 3. The number of hydrogen-bond acceptors (Lipinski definition) is 8. The summed E-state index contributed by atoms with van der Waals surface area (Å²) in [6.45, 7) is 0. The Balaban J connectivity index is 1.77. The summed E-state index contributed by atoms with van der Waals surface area (Å²) < 4.78 is 17.5. The zero-order chi connectivity index (χ0) is 22.0. The molecular formula is C22H19N3O5S. The first-order valence-electron chi connectivity index (χ1n) is 9.32. The van der Waals surface area contributed by atoms with Crippen LogP contribution in [0, 0.1) is 0 Å². The molecule has 0 atom stereocenters. The number of rotatable bonds is 6. The van der Waals surface area contributed by atoms with Gasteiger partial charge in [0.25, 0.3) is 11.1 Å². The van der Waals surface area contributed by atoms with Crippen LogP contribution in [0.2, 0.25) is 0 Å². The molecule has 158 valence electrons. The predicted octanol–water partition coefficient (Wildman–Crippen LogP) is 1.68. The van der Waals surface area contributed by atoms with Crippen molar-refractivity contribution in [2.24, 2.45) is 0 Å². The first-order chi connectivity index (χ1) is 15.0. The molecule has 31 heavy (non-hydrogen) atoms. The summed E-state index contributed by atoms with van der Waals surface area (Å²) in [6.07, 6.45) is 1.91. The molecule has 0 fully saturated rings. The predicted molar refractivity (Wildman–Crippen MR) is 118 cm³/mol. The van der Waals surface area contributed by atoms with E-state index in [0.717, 1.165) is 22.5 Å². The fourth-order valence-corrected chi connectivity index (χ4v) is 4.06. The molecule has 2 aromatic carbocycles. The molecule has 4 rings (SSSR count).